The number of imidazole rings is 1. The molecule has 2 aliphatic rings. The van der Waals surface area contributed by atoms with E-state index in [2.05, 4.69) is 15.4 Å². The van der Waals surface area contributed by atoms with Crippen LogP contribution in [0.2, 0.25) is 0 Å². The van der Waals surface area contributed by atoms with E-state index in [0.717, 1.165) is 56.4 Å². The Labute approximate surface area is 246 Å². The largest absolute Gasteiger partial charge is 0.504 e. The van der Waals surface area contributed by atoms with Crippen molar-refractivity contribution < 1.29 is 33.2 Å². The van der Waals surface area contributed by atoms with E-state index < -0.39 is 18.1 Å². The molecular weight excluding hydrogens is 585 g/mol. The quantitative estimate of drug-likeness (QED) is 0.210. The van der Waals surface area contributed by atoms with E-state index in [-0.39, 0.29) is 33.7 Å². The summed E-state index contributed by atoms with van der Waals surface area (Å²) in [5.74, 6) is 0.622. The molecule has 0 radical (unpaired) electrons. The molecule has 0 amide bonds. The van der Waals surface area contributed by atoms with Crippen LogP contribution in [0.5, 0.6) is 0 Å². The van der Waals surface area contributed by atoms with Crippen molar-refractivity contribution >= 4 is 33.7 Å². The normalized spacial score (nSPS) is 17.3. The summed E-state index contributed by atoms with van der Waals surface area (Å²) in [6.07, 6.45) is 1.78. The average molecular weight is 615 g/mol. The van der Waals surface area contributed by atoms with Crippen LogP contribution >= 0.6 is 0 Å². The standard InChI is InChI=1S/C28H29F3N8O5/c29-27(30,31)37-14-16(12-33-37)19-15-36(17-7-9-44-10-8-17)20-5-6-23(35-25(19)20)34-24-11-21-22(13-32-24)39(28(41,42)43)26(40)38(21)18-3-1-2-4-18/h5-6,11-15,17-18,41-43H,1-4,7-10H2,(H,32,34,35). The van der Waals surface area contributed by atoms with Gasteiger partial charge in [-0.15, -0.1) is 13.2 Å². The van der Waals surface area contributed by atoms with Crippen LogP contribution in [0.3, 0.4) is 0 Å². The number of halogens is 3. The molecular formula is C28H29F3N8O5. The number of nitrogens with zero attached hydrogens (tertiary/aromatic N) is 7. The average Bonchev–Trinajstić information content (AvgIpc) is 3.77. The lowest BCUT2D eigenvalue weighted by atomic mass is 10.1. The van der Waals surface area contributed by atoms with Gasteiger partial charge in [0.15, 0.2) is 0 Å². The van der Waals surface area contributed by atoms with Crippen molar-refractivity contribution in [1.82, 2.24) is 33.4 Å². The van der Waals surface area contributed by atoms with Crippen LogP contribution in [0.15, 0.2) is 47.8 Å². The molecule has 232 valence electrons. The lowest BCUT2D eigenvalue weighted by Gasteiger charge is -2.24. The molecule has 44 heavy (non-hydrogen) atoms. The number of anilines is 2. The van der Waals surface area contributed by atoms with E-state index in [4.69, 9.17) is 9.72 Å². The maximum absolute atomic E-state index is 13.3. The fraction of sp³-hybridized carbons (Fsp3) is 0.429. The predicted molar refractivity (Wildman–Crippen MR) is 151 cm³/mol. The monoisotopic (exact) mass is 614 g/mol. The topological polar surface area (TPSA) is 157 Å². The van der Waals surface area contributed by atoms with Crippen LogP contribution in [-0.2, 0) is 17.1 Å². The molecule has 0 unspecified atom stereocenters. The van der Waals surface area contributed by atoms with Crippen molar-refractivity contribution in [2.45, 2.75) is 63.0 Å². The lowest BCUT2D eigenvalue weighted by Crippen LogP contribution is -2.41. The number of ether oxygens (including phenoxy) is 1. The van der Waals surface area contributed by atoms with Crippen molar-refractivity contribution in [1.29, 1.82) is 0 Å². The zero-order chi connectivity index (χ0) is 30.8. The Morgan fingerprint density at radius 2 is 1.66 bits per heavy atom. The molecule has 7 rings (SSSR count). The van der Waals surface area contributed by atoms with Crippen molar-refractivity contribution in [3.8, 4) is 11.1 Å². The molecule has 0 aromatic carbocycles. The molecule has 1 aliphatic carbocycles. The highest BCUT2D eigenvalue weighted by molar-refractivity contribution is 5.94. The highest BCUT2D eigenvalue weighted by Gasteiger charge is 2.34. The van der Waals surface area contributed by atoms with Gasteiger partial charge in [0.05, 0.1) is 34.5 Å². The predicted octanol–water partition coefficient (Wildman–Crippen LogP) is 3.64. The molecule has 1 saturated heterocycles. The fourth-order valence-electron chi connectivity index (χ4n) is 6.40. The van der Waals surface area contributed by atoms with Crippen LogP contribution in [0.25, 0.3) is 33.2 Å². The van der Waals surface area contributed by atoms with E-state index in [0.29, 0.717) is 40.2 Å². The van der Waals surface area contributed by atoms with Crippen LogP contribution in [0, 0.1) is 0 Å². The van der Waals surface area contributed by atoms with E-state index in [1.54, 1.807) is 18.3 Å². The second-order valence-corrected chi connectivity index (χ2v) is 11.2. The Balaban J connectivity index is 1.31. The van der Waals surface area contributed by atoms with Crippen LogP contribution in [0.4, 0.5) is 24.8 Å². The molecule has 6 heterocycles. The van der Waals surface area contributed by atoms with Crippen LogP contribution < -0.4 is 11.0 Å². The van der Waals surface area contributed by atoms with Gasteiger partial charge in [0, 0.05) is 54.9 Å². The van der Waals surface area contributed by atoms with Gasteiger partial charge in [0.2, 0.25) is 0 Å². The molecule has 0 spiro atoms. The minimum atomic E-state index is -4.66. The molecule has 0 bridgehead atoms. The van der Waals surface area contributed by atoms with Crippen molar-refractivity contribution in [3.63, 3.8) is 0 Å². The summed E-state index contributed by atoms with van der Waals surface area (Å²) in [6.45, 7) is 1.15. The maximum atomic E-state index is 13.3. The molecule has 1 saturated carbocycles. The minimum Gasteiger partial charge on any atom is -0.381 e. The smallest absolute Gasteiger partial charge is 0.381 e. The number of aromatic nitrogens is 7. The Bertz CT molecular complexity index is 1910. The fourth-order valence-corrected chi connectivity index (χ4v) is 6.40. The van der Waals surface area contributed by atoms with Crippen LogP contribution in [0.1, 0.15) is 50.6 Å². The molecule has 2 fully saturated rings. The highest BCUT2D eigenvalue weighted by Crippen LogP contribution is 2.37. The summed E-state index contributed by atoms with van der Waals surface area (Å²) in [7, 11) is 0. The summed E-state index contributed by atoms with van der Waals surface area (Å²) in [5, 5.41) is 36.4. The zero-order valence-electron chi connectivity index (χ0n) is 23.3. The van der Waals surface area contributed by atoms with Gasteiger partial charge in [-0.2, -0.15) is 9.78 Å². The molecule has 0 atom stereocenters. The van der Waals surface area contributed by atoms with Gasteiger partial charge in [-0.05, 0) is 37.8 Å². The first-order chi connectivity index (χ1) is 21.0. The number of aliphatic hydroxyl groups is 3. The Morgan fingerprint density at radius 1 is 0.909 bits per heavy atom. The zero-order valence-corrected chi connectivity index (χ0v) is 23.3. The number of rotatable bonds is 6. The summed E-state index contributed by atoms with van der Waals surface area (Å²) in [4.78, 5) is 22.3. The number of pyridine rings is 2. The second kappa shape index (κ2) is 10.4. The highest BCUT2D eigenvalue weighted by atomic mass is 19.4. The maximum Gasteiger partial charge on any atom is 0.504 e. The third kappa shape index (κ3) is 4.92. The number of nitrogens with one attached hydrogen (secondary N) is 1. The third-order valence-corrected chi connectivity index (χ3v) is 8.42. The first kappa shape index (κ1) is 28.5. The van der Waals surface area contributed by atoms with Crippen molar-refractivity contribution in [2.75, 3.05) is 18.5 Å². The van der Waals surface area contributed by atoms with E-state index in [1.165, 1.54) is 10.8 Å². The SMILES string of the molecule is O=c1n(C2CCCC2)c2cc(Nc3ccc4c(n3)c(-c3cnn(C(F)(F)F)c3)cn4C3CCOCC3)ncc2n1C(O)(O)O. The van der Waals surface area contributed by atoms with E-state index in [9.17, 15) is 33.3 Å². The third-order valence-electron chi connectivity index (χ3n) is 8.42. The van der Waals surface area contributed by atoms with Gasteiger partial charge < -0.3 is 29.9 Å². The first-order valence-electron chi connectivity index (χ1n) is 14.3. The van der Waals surface area contributed by atoms with E-state index in [1.807, 2.05) is 10.6 Å². The summed E-state index contributed by atoms with van der Waals surface area (Å²) >= 11 is 0. The van der Waals surface area contributed by atoms with E-state index >= 15 is 0 Å². The Kier molecular flexibility index (Phi) is 6.76. The number of fused-ring (bicyclic) bond motifs is 2. The minimum absolute atomic E-state index is 0.0286. The van der Waals surface area contributed by atoms with Crippen molar-refractivity contribution in [3.05, 3.63) is 53.5 Å². The van der Waals surface area contributed by atoms with Gasteiger partial charge in [0.25, 0.3) is 0 Å². The second-order valence-electron chi connectivity index (χ2n) is 11.2. The molecule has 5 aromatic rings. The van der Waals surface area contributed by atoms with Gasteiger partial charge in [-0.1, -0.05) is 12.8 Å². The lowest BCUT2D eigenvalue weighted by molar-refractivity contribution is -0.374. The van der Waals surface area contributed by atoms with Gasteiger partial charge in [-0.25, -0.2) is 19.3 Å². The summed E-state index contributed by atoms with van der Waals surface area (Å²) in [6, 6.07) is 5.00. The molecule has 4 N–H and O–H groups in total. The summed E-state index contributed by atoms with van der Waals surface area (Å²) in [5.41, 5.74) is 1.52. The molecule has 16 heteroatoms. The van der Waals surface area contributed by atoms with Gasteiger partial charge in [-0.3, -0.25) is 4.57 Å². The van der Waals surface area contributed by atoms with Gasteiger partial charge in [0.1, 0.15) is 11.6 Å². The number of hydrogen-bond donors (Lipinski definition) is 4. The van der Waals surface area contributed by atoms with Crippen molar-refractivity contribution in [2.24, 2.45) is 0 Å². The van der Waals surface area contributed by atoms with Gasteiger partial charge >= 0.3 is 18.1 Å². The molecule has 1 aliphatic heterocycles. The van der Waals surface area contributed by atoms with Crippen LogP contribution in [-0.4, -0.2) is 62.0 Å². The Morgan fingerprint density at radius 3 is 2.34 bits per heavy atom. The summed E-state index contributed by atoms with van der Waals surface area (Å²) < 4.78 is 49.4. The number of alkyl halides is 3. The first-order valence-corrected chi connectivity index (χ1v) is 14.3. The Hall–Kier alpha value is -4.25. The number of hydrogen-bond acceptors (Lipinski definition) is 9. The molecule has 5 aromatic heterocycles. The molecule has 13 nitrogen and oxygen atoms in total.